The van der Waals surface area contributed by atoms with E-state index in [-0.39, 0.29) is 24.1 Å². The lowest BCUT2D eigenvalue weighted by Crippen LogP contribution is -2.31. The zero-order chi connectivity index (χ0) is 12.1. The third-order valence-electron chi connectivity index (χ3n) is 3.03. The van der Waals surface area contributed by atoms with Crippen LogP contribution in [0.2, 0.25) is 0 Å². The first-order chi connectivity index (χ1) is 8.24. The van der Waals surface area contributed by atoms with E-state index >= 15 is 0 Å². The SMILES string of the molecule is Cl.O=C(Cc1ccc(F)cc1)NCC1CCNC1. The summed E-state index contributed by atoms with van der Waals surface area (Å²) in [5.41, 5.74) is 0.841. The number of rotatable bonds is 4. The number of halogens is 2. The van der Waals surface area contributed by atoms with Gasteiger partial charge in [0.05, 0.1) is 6.42 Å². The second kappa shape index (κ2) is 7.34. The van der Waals surface area contributed by atoms with Crippen LogP contribution in [0, 0.1) is 11.7 Å². The Morgan fingerprint density at radius 2 is 2.11 bits per heavy atom. The van der Waals surface area contributed by atoms with Gasteiger partial charge in [-0.15, -0.1) is 12.4 Å². The normalized spacial score (nSPS) is 18.2. The summed E-state index contributed by atoms with van der Waals surface area (Å²) in [5, 5.41) is 6.17. The Bertz CT molecular complexity index is 377. The minimum atomic E-state index is -0.272. The van der Waals surface area contributed by atoms with E-state index in [0.717, 1.165) is 31.6 Å². The molecule has 2 rings (SSSR count). The Hall–Kier alpha value is -1.13. The molecular weight excluding hydrogens is 255 g/mol. The first kappa shape index (κ1) is 14.9. The summed E-state index contributed by atoms with van der Waals surface area (Å²) in [6, 6.07) is 6.05. The van der Waals surface area contributed by atoms with Crippen LogP contribution in [0.25, 0.3) is 0 Å². The number of hydrogen-bond acceptors (Lipinski definition) is 2. The third-order valence-corrected chi connectivity index (χ3v) is 3.03. The molecule has 5 heteroatoms. The molecule has 1 fully saturated rings. The fraction of sp³-hybridized carbons (Fsp3) is 0.462. The molecule has 1 unspecified atom stereocenters. The molecular formula is C13H18ClFN2O. The predicted octanol–water partition coefficient (Wildman–Crippen LogP) is 1.52. The minimum Gasteiger partial charge on any atom is -0.355 e. The highest BCUT2D eigenvalue weighted by Gasteiger charge is 2.15. The van der Waals surface area contributed by atoms with Crippen molar-refractivity contribution in [2.75, 3.05) is 19.6 Å². The van der Waals surface area contributed by atoms with E-state index in [0.29, 0.717) is 12.3 Å². The van der Waals surface area contributed by atoms with Crippen LogP contribution >= 0.6 is 12.4 Å². The van der Waals surface area contributed by atoms with Gasteiger partial charge in [0, 0.05) is 6.54 Å². The molecule has 1 heterocycles. The van der Waals surface area contributed by atoms with Crippen molar-refractivity contribution in [1.29, 1.82) is 0 Å². The molecule has 1 aromatic rings. The fourth-order valence-electron chi connectivity index (χ4n) is 2.00. The molecule has 3 nitrogen and oxygen atoms in total. The van der Waals surface area contributed by atoms with Crippen molar-refractivity contribution < 1.29 is 9.18 Å². The van der Waals surface area contributed by atoms with E-state index in [2.05, 4.69) is 10.6 Å². The number of carbonyl (C=O) groups is 1. The maximum absolute atomic E-state index is 12.7. The van der Waals surface area contributed by atoms with Crippen molar-refractivity contribution in [2.45, 2.75) is 12.8 Å². The second-order valence-electron chi connectivity index (χ2n) is 4.47. The molecule has 1 atom stereocenters. The van der Waals surface area contributed by atoms with Gasteiger partial charge in [-0.1, -0.05) is 12.1 Å². The van der Waals surface area contributed by atoms with Crippen LogP contribution in [0.4, 0.5) is 4.39 Å². The molecule has 0 radical (unpaired) electrons. The molecule has 1 amide bonds. The number of carbonyl (C=O) groups excluding carboxylic acids is 1. The Labute approximate surface area is 113 Å². The zero-order valence-corrected chi connectivity index (χ0v) is 10.9. The van der Waals surface area contributed by atoms with Crippen LogP contribution in [0.1, 0.15) is 12.0 Å². The van der Waals surface area contributed by atoms with Gasteiger partial charge in [0.1, 0.15) is 5.82 Å². The van der Waals surface area contributed by atoms with E-state index in [1.807, 2.05) is 0 Å². The third kappa shape index (κ3) is 4.63. The molecule has 18 heavy (non-hydrogen) atoms. The predicted molar refractivity (Wildman–Crippen MR) is 71.3 cm³/mol. The smallest absolute Gasteiger partial charge is 0.224 e. The fourth-order valence-corrected chi connectivity index (χ4v) is 2.00. The summed E-state index contributed by atoms with van der Waals surface area (Å²) in [7, 11) is 0. The lowest BCUT2D eigenvalue weighted by molar-refractivity contribution is -0.120. The van der Waals surface area contributed by atoms with Crippen molar-refractivity contribution in [1.82, 2.24) is 10.6 Å². The quantitative estimate of drug-likeness (QED) is 0.873. The summed E-state index contributed by atoms with van der Waals surface area (Å²) in [4.78, 5) is 11.6. The van der Waals surface area contributed by atoms with E-state index in [4.69, 9.17) is 0 Å². The first-order valence-corrected chi connectivity index (χ1v) is 5.96. The van der Waals surface area contributed by atoms with E-state index in [1.54, 1.807) is 12.1 Å². The Morgan fingerprint density at radius 3 is 2.72 bits per heavy atom. The van der Waals surface area contributed by atoms with Gasteiger partial charge in [0.25, 0.3) is 0 Å². The largest absolute Gasteiger partial charge is 0.355 e. The van der Waals surface area contributed by atoms with Crippen LogP contribution < -0.4 is 10.6 Å². The van der Waals surface area contributed by atoms with Crippen molar-refractivity contribution in [3.8, 4) is 0 Å². The van der Waals surface area contributed by atoms with Gasteiger partial charge in [-0.05, 0) is 43.1 Å². The lowest BCUT2D eigenvalue weighted by atomic mass is 10.1. The number of hydrogen-bond donors (Lipinski definition) is 2. The minimum absolute atomic E-state index is 0. The van der Waals surface area contributed by atoms with Gasteiger partial charge in [0.2, 0.25) is 5.91 Å². The van der Waals surface area contributed by atoms with E-state index < -0.39 is 0 Å². The number of amides is 1. The highest BCUT2D eigenvalue weighted by molar-refractivity contribution is 5.85. The van der Waals surface area contributed by atoms with Crippen LogP contribution in [-0.4, -0.2) is 25.5 Å². The summed E-state index contributed by atoms with van der Waals surface area (Å²) >= 11 is 0. The van der Waals surface area contributed by atoms with Crippen molar-refractivity contribution in [3.63, 3.8) is 0 Å². The standard InChI is InChI=1S/C13H17FN2O.ClH/c14-12-3-1-10(2-4-12)7-13(17)16-9-11-5-6-15-8-11;/h1-4,11,15H,5-9H2,(H,16,17);1H. The Morgan fingerprint density at radius 1 is 1.39 bits per heavy atom. The molecule has 0 spiro atoms. The van der Waals surface area contributed by atoms with Gasteiger partial charge in [-0.2, -0.15) is 0 Å². The maximum Gasteiger partial charge on any atom is 0.224 e. The van der Waals surface area contributed by atoms with Crippen LogP contribution in [-0.2, 0) is 11.2 Å². The summed E-state index contributed by atoms with van der Waals surface area (Å²) < 4.78 is 12.7. The van der Waals surface area contributed by atoms with Gasteiger partial charge in [-0.3, -0.25) is 4.79 Å². The zero-order valence-electron chi connectivity index (χ0n) is 10.1. The summed E-state index contributed by atoms with van der Waals surface area (Å²) in [6.07, 6.45) is 1.44. The molecule has 0 aliphatic carbocycles. The van der Waals surface area contributed by atoms with Gasteiger partial charge >= 0.3 is 0 Å². The molecule has 0 aromatic heterocycles. The topological polar surface area (TPSA) is 41.1 Å². The Kier molecular flexibility index (Phi) is 6.09. The number of nitrogens with one attached hydrogen (secondary N) is 2. The molecule has 1 aromatic carbocycles. The maximum atomic E-state index is 12.7. The summed E-state index contributed by atoms with van der Waals surface area (Å²) in [6.45, 7) is 2.75. The van der Waals surface area contributed by atoms with E-state index in [9.17, 15) is 9.18 Å². The van der Waals surface area contributed by atoms with Crippen molar-refractivity contribution in [3.05, 3.63) is 35.6 Å². The molecule has 1 saturated heterocycles. The molecule has 100 valence electrons. The van der Waals surface area contributed by atoms with Crippen LogP contribution in [0.3, 0.4) is 0 Å². The summed E-state index contributed by atoms with van der Waals surface area (Å²) in [5.74, 6) is 0.280. The van der Waals surface area contributed by atoms with Gasteiger partial charge < -0.3 is 10.6 Å². The molecule has 2 N–H and O–H groups in total. The highest BCUT2D eigenvalue weighted by atomic mass is 35.5. The molecule has 0 bridgehead atoms. The lowest BCUT2D eigenvalue weighted by Gasteiger charge is -2.09. The second-order valence-corrected chi connectivity index (χ2v) is 4.47. The van der Waals surface area contributed by atoms with E-state index in [1.165, 1.54) is 12.1 Å². The average Bonchev–Trinajstić information content (AvgIpc) is 2.83. The monoisotopic (exact) mass is 272 g/mol. The molecule has 1 aliphatic rings. The number of benzene rings is 1. The van der Waals surface area contributed by atoms with Crippen LogP contribution in [0.15, 0.2) is 24.3 Å². The van der Waals surface area contributed by atoms with Crippen molar-refractivity contribution in [2.24, 2.45) is 5.92 Å². The van der Waals surface area contributed by atoms with Gasteiger partial charge in [-0.25, -0.2) is 4.39 Å². The first-order valence-electron chi connectivity index (χ1n) is 5.96. The average molecular weight is 273 g/mol. The molecule has 0 saturated carbocycles. The van der Waals surface area contributed by atoms with Gasteiger partial charge in [0.15, 0.2) is 0 Å². The van der Waals surface area contributed by atoms with Crippen molar-refractivity contribution >= 4 is 18.3 Å². The van der Waals surface area contributed by atoms with Crippen LogP contribution in [0.5, 0.6) is 0 Å². The highest BCUT2D eigenvalue weighted by Crippen LogP contribution is 2.06. The Balaban J connectivity index is 0.00000162. The molecule has 1 aliphatic heterocycles.